The van der Waals surface area contributed by atoms with E-state index >= 15 is 0 Å². The van der Waals surface area contributed by atoms with E-state index in [1.54, 1.807) is 6.07 Å². The van der Waals surface area contributed by atoms with Crippen LogP contribution in [-0.4, -0.2) is 30.3 Å². The molecule has 1 aliphatic carbocycles. The molecule has 0 bridgehead atoms. The molecule has 2 rings (SSSR count). The Morgan fingerprint density at radius 3 is 2.83 bits per heavy atom. The molecule has 1 aromatic rings. The number of hydrogen-bond donors (Lipinski definition) is 2. The third kappa shape index (κ3) is 3.20. The van der Waals surface area contributed by atoms with Gasteiger partial charge in [-0.1, -0.05) is 6.07 Å². The first-order valence-electron chi connectivity index (χ1n) is 5.91. The van der Waals surface area contributed by atoms with Crippen molar-refractivity contribution in [3.05, 3.63) is 29.6 Å². The highest BCUT2D eigenvalue weighted by molar-refractivity contribution is 5.74. The Labute approximate surface area is 105 Å². The Hall–Kier alpha value is -1.62. The predicted octanol–water partition coefficient (Wildman–Crippen LogP) is 1.58. The first kappa shape index (κ1) is 12.8. The Balaban J connectivity index is 2.05. The van der Waals surface area contributed by atoms with Crippen molar-refractivity contribution in [3.63, 3.8) is 0 Å². The van der Waals surface area contributed by atoms with E-state index in [4.69, 9.17) is 9.84 Å². The van der Waals surface area contributed by atoms with Gasteiger partial charge in [0.1, 0.15) is 6.04 Å². The number of carbonyl (C=O) groups is 1. The smallest absolute Gasteiger partial charge is 0.321 e. The van der Waals surface area contributed by atoms with E-state index in [0.29, 0.717) is 11.6 Å². The third-order valence-electron chi connectivity index (χ3n) is 2.97. The Bertz CT molecular complexity index is 446. The fraction of sp³-hybridized carbons (Fsp3) is 0.462. The van der Waals surface area contributed by atoms with Gasteiger partial charge >= 0.3 is 5.97 Å². The van der Waals surface area contributed by atoms with Crippen molar-refractivity contribution in [2.24, 2.45) is 0 Å². The van der Waals surface area contributed by atoms with Crippen LogP contribution < -0.4 is 10.1 Å². The van der Waals surface area contributed by atoms with Gasteiger partial charge in [-0.15, -0.1) is 0 Å². The summed E-state index contributed by atoms with van der Waals surface area (Å²) >= 11 is 0. The number of benzene rings is 1. The number of aliphatic carboxylic acids is 1. The molecular formula is C13H16FNO3. The standard InChI is InChI=1S/C13H16FNO3/c1-18-12-5-2-8(6-10(12)14)7-11(13(16)17)15-9-3-4-9/h2,5-6,9,11,15H,3-4,7H2,1H3,(H,16,17). The van der Waals surface area contributed by atoms with Gasteiger partial charge in [0.25, 0.3) is 0 Å². The SMILES string of the molecule is COc1ccc(CC(NC2CC2)C(=O)O)cc1F. The normalized spacial score (nSPS) is 16.3. The summed E-state index contributed by atoms with van der Waals surface area (Å²) < 4.78 is 18.3. The molecule has 18 heavy (non-hydrogen) atoms. The average molecular weight is 253 g/mol. The summed E-state index contributed by atoms with van der Waals surface area (Å²) in [7, 11) is 1.40. The molecular weight excluding hydrogens is 237 g/mol. The lowest BCUT2D eigenvalue weighted by molar-refractivity contribution is -0.139. The van der Waals surface area contributed by atoms with Gasteiger partial charge in [-0.3, -0.25) is 4.79 Å². The molecule has 0 saturated heterocycles. The fourth-order valence-electron chi connectivity index (χ4n) is 1.82. The lowest BCUT2D eigenvalue weighted by Gasteiger charge is -2.14. The van der Waals surface area contributed by atoms with E-state index in [1.807, 2.05) is 0 Å². The molecule has 0 amide bonds. The summed E-state index contributed by atoms with van der Waals surface area (Å²) in [5.41, 5.74) is 0.647. The number of nitrogens with one attached hydrogen (secondary N) is 1. The van der Waals surface area contributed by atoms with Crippen molar-refractivity contribution < 1.29 is 19.0 Å². The van der Waals surface area contributed by atoms with E-state index in [9.17, 15) is 9.18 Å². The average Bonchev–Trinajstić information content (AvgIpc) is 3.12. The van der Waals surface area contributed by atoms with Crippen molar-refractivity contribution in [1.82, 2.24) is 5.32 Å². The number of halogens is 1. The summed E-state index contributed by atoms with van der Waals surface area (Å²) in [4.78, 5) is 11.1. The van der Waals surface area contributed by atoms with Crippen molar-refractivity contribution >= 4 is 5.97 Å². The van der Waals surface area contributed by atoms with Crippen LogP contribution in [-0.2, 0) is 11.2 Å². The Morgan fingerprint density at radius 2 is 2.33 bits per heavy atom. The lowest BCUT2D eigenvalue weighted by Crippen LogP contribution is -2.39. The second-order valence-corrected chi connectivity index (χ2v) is 4.50. The molecule has 1 unspecified atom stereocenters. The molecule has 0 heterocycles. The Kier molecular flexibility index (Phi) is 3.81. The fourth-order valence-corrected chi connectivity index (χ4v) is 1.82. The number of methoxy groups -OCH3 is 1. The second-order valence-electron chi connectivity index (χ2n) is 4.50. The van der Waals surface area contributed by atoms with Crippen LogP contribution in [0.25, 0.3) is 0 Å². The second kappa shape index (κ2) is 5.35. The molecule has 4 nitrogen and oxygen atoms in total. The van der Waals surface area contributed by atoms with Crippen molar-refractivity contribution in [1.29, 1.82) is 0 Å². The van der Waals surface area contributed by atoms with Crippen LogP contribution >= 0.6 is 0 Å². The van der Waals surface area contributed by atoms with Crippen LogP contribution in [0.4, 0.5) is 4.39 Å². The molecule has 0 spiro atoms. The quantitative estimate of drug-likeness (QED) is 0.808. The van der Waals surface area contributed by atoms with Gasteiger partial charge in [-0.2, -0.15) is 0 Å². The molecule has 1 aromatic carbocycles. The molecule has 0 aromatic heterocycles. The van der Waals surface area contributed by atoms with Crippen molar-refractivity contribution in [3.8, 4) is 5.75 Å². The van der Waals surface area contributed by atoms with Crippen LogP contribution in [0.5, 0.6) is 5.75 Å². The molecule has 1 atom stereocenters. The molecule has 2 N–H and O–H groups in total. The van der Waals surface area contributed by atoms with Gasteiger partial charge in [-0.05, 0) is 37.0 Å². The van der Waals surface area contributed by atoms with Gasteiger partial charge < -0.3 is 15.2 Å². The molecule has 1 aliphatic rings. The van der Waals surface area contributed by atoms with E-state index in [2.05, 4.69) is 5.32 Å². The zero-order chi connectivity index (χ0) is 13.1. The Morgan fingerprint density at radius 1 is 1.61 bits per heavy atom. The summed E-state index contributed by atoms with van der Waals surface area (Å²) in [6, 6.07) is 4.16. The zero-order valence-electron chi connectivity index (χ0n) is 10.1. The number of rotatable bonds is 6. The van der Waals surface area contributed by atoms with Gasteiger partial charge in [0.05, 0.1) is 7.11 Å². The van der Waals surface area contributed by atoms with Crippen LogP contribution in [0, 0.1) is 5.82 Å². The first-order valence-corrected chi connectivity index (χ1v) is 5.91. The predicted molar refractivity (Wildman–Crippen MR) is 64.2 cm³/mol. The van der Waals surface area contributed by atoms with Crippen molar-refractivity contribution in [2.75, 3.05) is 7.11 Å². The topological polar surface area (TPSA) is 58.6 Å². The molecule has 1 saturated carbocycles. The highest BCUT2D eigenvalue weighted by Crippen LogP contribution is 2.22. The van der Waals surface area contributed by atoms with Gasteiger partial charge in [0, 0.05) is 6.04 Å². The summed E-state index contributed by atoms with van der Waals surface area (Å²) in [6.45, 7) is 0. The number of carboxylic acid groups (broad SMARTS) is 1. The lowest BCUT2D eigenvalue weighted by atomic mass is 10.1. The highest BCUT2D eigenvalue weighted by atomic mass is 19.1. The third-order valence-corrected chi connectivity index (χ3v) is 2.97. The van der Waals surface area contributed by atoms with E-state index < -0.39 is 17.8 Å². The van der Waals surface area contributed by atoms with Crippen LogP contribution in [0.15, 0.2) is 18.2 Å². The first-order chi connectivity index (χ1) is 8.60. The molecule has 0 aliphatic heterocycles. The number of ether oxygens (including phenoxy) is 1. The number of hydrogen-bond acceptors (Lipinski definition) is 3. The maximum atomic E-state index is 13.5. The van der Waals surface area contributed by atoms with Gasteiger partial charge in [0.15, 0.2) is 11.6 Å². The largest absolute Gasteiger partial charge is 0.494 e. The molecule has 98 valence electrons. The van der Waals surface area contributed by atoms with E-state index in [1.165, 1.54) is 19.2 Å². The minimum absolute atomic E-state index is 0.167. The minimum atomic E-state index is -0.905. The highest BCUT2D eigenvalue weighted by Gasteiger charge is 2.28. The summed E-state index contributed by atoms with van der Waals surface area (Å²) in [5, 5.41) is 12.1. The minimum Gasteiger partial charge on any atom is -0.494 e. The van der Waals surface area contributed by atoms with Crippen LogP contribution in [0.3, 0.4) is 0 Å². The zero-order valence-corrected chi connectivity index (χ0v) is 10.1. The summed E-state index contributed by atoms with van der Waals surface area (Å²) in [6.07, 6.45) is 2.30. The summed E-state index contributed by atoms with van der Waals surface area (Å²) in [5.74, 6) is -1.20. The molecule has 0 radical (unpaired) electrons. The van der Waals surface area contributed by atoms with Gasteiger partial charge in [-0.25, -0.2) is 4.39 Å². The maximum Gasteiger partial charge on any atom is 0.321 e. The van der Waals surface area contributed by atoms with E-state index in [0.717, 1.165) is 12.8 Å². The monoisotopic (exact) mass is 253 g/mol. The van der Waals surface area contributed by atoms with Crippen LogP contribution in [0.2, 0.25) is 0 Å². The molecule has 1 fully saturated rings. The van der Waals surface area contributed by atoms with Crippen LogP contribution in [0.1, 0.15) is 18.4 Å². The van der Waals surface area contributed by atoms with Gasteiger partial charge in [0.2, 0.25) is 0 Å². The maximum absolute atomic E-state index is 13.5. The molecule has 5 heteroatoms. The number of carboxylic acids is 1. The van der Waals surface area contributed by atoms with E-state index in [-0.39, 0.29) is 12.2 Å². The van der Waals surface area contributed by atoms with Crippen molar-refractivity contribution in [2.45, 2.75) is 31.3 Å².